The fourth-order valence-corrected chi connectivity index (χ4v) is 2.49. The Labute approximate surface area is 87.5 Å². The predicted molar refractivity (Wildman–Crippen MR) is 53.5 cm³/mol. The van der Waals surface area contributed by atoms with Gasteiger partial charge in [-0.05, 0) is 11.4 Å². The van der Waals surface area contributed by atoms with Crippen LogP contribution in [0.2, 0.25) is 5.02 Å². The number of phenolic OH excluding ortho intramolecular Hbond substituents is 1. The molecule has 74 valence electrons. The van der Waals surface area contributed by atoms with Crippen molar-refractivity contribution in [1.82, 2.24) is 0 Å². The van der Waals surface area contributed by atoms with Crippen molar-refractivity contribution >= 4 is 33.0 Å². The van der Waals surface area contributed by atoms with E-state index < -0.39 is 12.2 Å². The Bertz CT molecular complexity index is 481. The van der Waals surface area contributed by atoms with Crippen molar-refractivity contribution in [3.8, 4) is 5.75 Å². The standard InChI is InChI=1S/C9H5ClF2OS/c10-5-3-6(13)7(9(11)12)4-1-2-14-8(4)5/h1-3,9,13H. The Kier molecular flexibility index (Phi) is 2.33. The van der Waals surface area contributed by atoms with Crippen molar-refractivity contribution in [2.45, 2.75) is 6.43 Å². The third-order valence-electron chi connectivity index (χ3n) is 1.93. The number of hydrogen-bond donors (Lipinski definition) is 1. The lowest BCUT2D eigenvalue weighted by atomic mass is 10.1. The van der Waals surface area contributed by atoms with E-state index in [0.717, 1.165) is 6.07 Å². The molecule has 1 heterocycles. The number of phenols is 1. The van der Waals surface area contributed by atoms with Gasteiger partial charge < -0.3 is 5.11 Å². The van der Waals surface area contributed by atoms with E-state index in [1.807, 2.05) is 0 Å². The molecule has 0 saturated heterocycles. The van der Waals surface area contributed by atoms with Gasteiger partial charge in [0.2, 0.25) is 0 Å². The normalized spacial score (nSPS) is 11.4. The maximum absolute atomic E-state index is 12.6. The number of halogens is 3. The molecule has 2 rings (SSSR count). The van der Waals surface area contributed by atoms with Gasteiger partial charge in [-0.25, -0.2) is 8.78 Å². The third kappa shape index (κ3) is 1.35. The van der Waals surface area contributed by atoms with Gasteiger partial charge >= 0.3 is 0 Å². The fourth-order valence-electron chi connectivity index (χ4n) is 1.34. The molecule has 1 N–H and O–H groups in total. The van der Waals surface area contributed by atoms with Gasteiger partial charge in [0.05, 0.1) is 15.3 Å². The summed E-state index contributed by atoms with van der Waals surface area (Å²) in [5.41, 5.74) is -0.342. The topological polar surface area (TPSA) is 20.2 Å². The van der Waals surface area contributed by atoms with Crippen molar-refractivity contribution < 1.29 is 13.9 Å². The van der Waals surface area contributed by atoms with Crippen LogP contribution in [0.4, 0.5) is 8.78 Å². The molecular weight excluding hydrogens is 230 g/mol. The number of thiophene rings is 1. The molecule has 1 aromatic heterocycles. The smallest absolute Gasteiger partial charge is 0.268 e. The number of alkyl halides is 2. The van der Waals surface area contributed by atoms with Crippen molar-refractivity contribution in [3.05, 3.63) is 28.1 Å². The van der Waals surface area contributed by atoms with Gasteiger partial charge in [0.25, 0.3) is 6.43 Å². The second-order valence-corrected chi connectivity index (χ2v) is 4.08. The van der Waals surface area contributed by atoms with Crippen molar-refractivity contribution in [3.63, 3.8) is 0 Å². The minimum Gasteiger partial charge on any atom is -0.507 e. The first kappa shape index (κ1) is 9.68. The summed E-state index contributed by atoms with van der Waals surface area (Å²) in [5, 5.41) is 11.6. The van der Waals surface area contributed by atoms with E-state index in [1.165, 1.54) is 17.4 Å². The number of aromatic hydroxyl groups is 1. The van der Waals surface area contributed by atoms with Gasteiger partial charge in [0.1, 0.15) is 5.75 Å². The van der Waals surface area contributed by atoms with Gasteiger partial charge in [-0.1, -0.05) is 11.6 Å². The predicted octanol–water partition coefficient (Wildman–Crippen LogP) is 4.20. The minimum atomic E-state index is -2.69. The molecule has 0 aliphatic carbocycles. The third-order valence-corrected chi connectivity index (χ3v) is 3.29. The maximum atomic E-state index is 12.6. The van der Waals surface area contributed by atoms with E-state index in [9.17, 15) is 13.9 Å². The average Bonchev–Trinajstić information content (AvgIpc) is 2.51. The molecule has 14 heavy (non-hydrogen) atoms. The summed E-state index contributed by atoms with van der Waals surface area (Å²) in [6.45, 7) is 0. The first-order chi connectivity index (χ1) is 6.61. The van der Waals surface area contributed by atoms with Crippen LogP contribution in [0, 0.1) is 0 Å². The molecule has 0 bridgehead atoms. The summed E-state index contributed by atoms with van der Waals surface area (Å²) in [5.74, 6) is -0.448. The van der Waals surface area contributed by atoms with E-state index >= 15 is 0 Å². The van der Waals surface area contributed by atoms with Crippen molar-refractivity contribution in [2.75, 3.05) is 0 Å². The molecule has 1 aromatic carbocycles. The van der Waals surface area contributed by atoms with Gasteiger partial charge in [-0.15, -0.1) is 11.3 Å². The fraction of sp³-hybridized carbons (Fsp3) is 0.111. The highest BCUT2D eigenvalue weighted by Crippen LogP contribution is 2.41. The average molecular weight is 235 g/mol. The van der Waals surface area contributed by atoms with Crippen LogP contribution in [0.5, 0.6) is 5.75 Å². The molecule has 0 unspecified atom stereocenters. The second kappa shape index (κ2) is 3.37. The van der Waals surface area contributed by atoms with Crippen molar-refractivity contribution in [1.29, 1.82) is 0 Å². The van der Waals surface area contributed by atoms with Gasteiger partial charge in [0, 0.05) is 11.5 Å². The zero-order chi connectivity index (χ0) is 10.3. The molecule has 0 spiro atoms. The maximum Gasteiger partial charge on any atom is 0.268 e. The van der Waals surface area contributed by atoms with Gasteiger partial charge in [0.15, 0.2) is 0 Å². The van der Waals surface area contributed by atoms with E-state index in [-0.39, 0.29) is 5.56 Å². The highest BCUT2D eigenvalue weighted by Gasteiger charge is 2.19. The first-order valence-corrected chi connectivity index (χ1v) is 5.03. The van der Waals surface area contributed by atoms with Gasteiger partial charge in [-0.3, -0.25) is 0 Å². The summed E-state index contributed by atoms with van der Waals surface area (Å²) in [7, 11) is 0. The molecule has 0 aliphatic heterocycles. The van der Waals surface area contributed by atoms with E-state index in [2.05, 4.69) is 0 Å². The lowest BCUT2D eigenvalue weighted by Gasteiger charge is -2.05. The summed E-state index contributed by atoms with van der Waals surface area (Å²) in [6.07, 6.45) is -2.69. The molecule has 5 heteroatoms. The van der Waals surface area contributed by atoms with Crippen LogP contribution in [0.15, 0.2) is 17.5 Å². The Morgan fingerprint density at radius 3 is 2.79 bits per heavy atom. The highest BCUT2D eigenvalue weighted by molar-refractivity contribution is 7.17. The minimum absolute atomic E-state index is 0.303. The Morgan fingerprint density at radius 2 is 2.14 bits per heavy atom. The van der Waals surface area contributed by atoms with Crippen LogP contribution in [0.3, 0.4) is 0 Å². The highest BCUT2D eigenvalue weighted by atomic mass is 35.5. The monoisotopic (exact) mass is 234 g/mol. The first-order valence-electron chi connectivity index (χ1n) is 3.78. The summed E-state index contributed by atoms with van der Waals surface area (Å²) >= 11 is 7.06. The van der Waals surface area contributed by atoms with Crippen LogP contribution >= 0.6 is 22.9 Å². The van der Waals surface area contributed by atoms with E-state index in [1.54, 1.807) is 5.38 Å². The zero-order valence-corrected chi connectivity index (χ0v) is 8.37. The number of rotatable bonds is 1. The lowest BCUT2D eigenvalue weighted by molar-refractivity contribution is 0.149. The molecule has 0 fully saturated rings. The van der Waals surface area contributed by atoms with Crippen LogP contribution < -0.4 is 0 Å². The van der Waals surface area contributed by atoms with E-state index in [4.69, 9.17) is 11.6 Å². The quantitative estimate of drug-likeness (QED) is 0.784. The Hall–Kier alpha value is -0.870. The van der Waals surface area contributed by atoms with Crippen LogP contribution in [-0.4, -0.2) is 5.11 Å². The van der Waals surface area contributed by atoms with Crippen LogP contribution in [0.25, 0.3) is 10.1 Å². The van der Waals surface area contributed by atoms with Crippen LogP contribution in [0.1, 0.15) is 12.0 Å². The molecule has 0 atom stereocenters. The number of hydrogen-bond acceptors (Lipinski definition) is 2. The van der Waals surface area contributed by atoms with Crippen LogP contribution in [-0.2, 0) is 0 Å². The molecular formula is C9H5ClF2OS. The lowest BCUT2D eigenvalue weighted by Crippen LogP contribution is -1.86. The summed E-state index contributed by atoms with van der Waals surface area (Å²) in [6, 6.07) is 2.69. The Morgan fingerprint density at radius 1 is 1.43 bits per heavy atom. The molecule has 0 amide bonds. The summed E-state index contributed by atoms with van der Waals surface area (Å²) in [4.78, 5) is 0. The van der Waals surface area contributed by atoms with Gasteiger partial charge in [-0.2, -0.15) is 0 Å². The summed E-state index contributed by atoms with van der Waals surface area (Å²) < 4.78 is 25.7. The SMILES string of the molecule is Oc1cc(Cl)c2sccc2c1C(F)F. The van der Waals surface area contributed by atoms with E-state index in [0.29, 0.717) is 15.1 Å². The largest absolute Gasteiger partial charge is 0.507 e. The molecule has 0 radical (unpaired) electrons. The number of benzene rings is 1. The Balaban J connectivity index is 2.86. The molecule has 0 aliphatic rings. The second-order valence-electron chi connectivity index (χ2n) is 2.76. The molecule has 2 aromatic rings. The zero-order valence-electron chi connectivity index (χ0n) is 6.80. The number of fused-ring (bicyclic) bond motifs is 1. The molecule has 0 saturated carbocycles. The molecule has 1 nitrogen and oxygen atoms in total. The van der Waals surface area contributed by atoms with Crippen molar-refractivity contribution in [2.24, 2.45) is 0 Å².